The summed E-state index contributed by atoms with van der Waals surface area (Å²) in [6.07, 6.45) is 4.76. The van der Waals surface area contributed by atoms with Crippen LogP contribution in [0.3, 0.4) is 0 Å². The minimum absolute atomic E-state index is 0.375. The topological polar surface area (TPSA) is 56.3 Å². The van der Waals surface area contributed by atoms with Crippen LogP contribution in [0.15, 0.2) is 10.9 Å². The van der Waals surface area contributed by atoms with Gasteiger partial charge in [-0.2, -0.15) is 0 Å². The third kappa shape index (κ3) is 3.00. The van der Waals surface area contributed by atoms with E-state index in [1.807, 2.05) is 20.2 Å². The van der Waals surface area contributed by atoms with Crippen molar-refractivity contribution in [2.45, 2.75) is 52.2 Å². The van der Waals surface area contributed by atoms with Crippen molar-refractivity contribution in [3.63, 3.8) is 0 Å². The summed E-state index contributed by atoms with van der Waals surface area (Å²) in [5.74, 6) is 2.15. The molecule has 1 aliphatic carbocycles. The minimum Gasteiger partial charge on any atom is -0.384 e. The van der Waals surface area contributed by atoms with E-state index in [9.17, 15) is 0 Å². The molecule has 3 heterocycles. The zero-order chi connectivity index (χ0) is 16.7. The van der Waals surface area contributed by atoms with Gasteiger partial charge in [0.25, 0.3) is 0 Å². The Balaban J connectivity index is 1.56. The van der Waals surface area contributed by atoms with E-state index in [1.165, 1.54) is 29.8 Å². The lowest BCUT2D eigenvalue weighted by atomic mass is 9.98. The second-order valence-corrected chi connectivity index (χ2v) is 7.30. The lowest BCUT2D eigenvalue weighted by Crippen LogP contribution is -2.36. The van der Waals surface area contributed by atoms with Crippen LogP contribution >= 0.6 is 0 Å². The third-order valence-corrected chi connectivity index (χ3v) is 5.28. The molecule has 130 valence electrons. The van der Waals surface area contributed by atoms with Crippen LogP contribution in [0.2, 0.25) is 0 Å². The fourth-order valence-corrected chi connectivity index (χ4v) is 3.83. The van der Waals surface area contributed by atoms with E-state index in [-0.39, 0.29) is 0 Å². The van der Waals surface area contributed by atoms with Crippen LogP contribution in [-0.4, -0.2) is 39.9 Å². The van der Waals surface area contributed by atoms with Gasteiger partial charge in [0.1, 0.15) is 5.76 Å². The summed E-state index contributed by atoms with van der Waals surface area (Å²) < 4.78 is 13.2. The summed E-state index contributed by atoms with van der Waals surface area (Å²) in [4.78, 5) is 7.16. The first-order chi connectivity index (χ1) is 11.7. The summed E-state index contributed by atoms with van der Waals surface area (Å²) in [6.45, 7) is 8.59. The Morgan fingerprint density at radius 2 is 2.17 bits per heavy atom. The minimum atomic E-state index is 0.375. The Hall–Kier alpha value is -1.66. The highest BCUT2D eigenvalue weighted by molar-refractivity contribution is 5.25. The Kier molecular flexibility index (Phi) is 4.18. The van der Waals surface area contributed by atoms with Crippen LogP contribution in [-0.2, 0) is 24.4 Å². The highest BCUT2D eigenvalue weighted by atomic mass is 16.5. The van der Waals surface area contributed by atoms with E-state index < -0.39 is 0 Å². The molecule has 0 radical (unpaired) electrons. The van der Waals surface area contributed by atoms with Crippen molar-refractivity contribution in [3.05, 3.63) is 34.7 Å². The lowest BCUT2D eigenvalue weighted by molar-refractivity contribution is 0.131. The molecule has 0 N–H and O–H groups in total. The predicted molar refractivity (Wildman–Crippen MR) is 89.7 cm³/mol. The molecule has 1 fully saturated rings. The van der Waals surface area contributed by atoms with E-state index in [0.29, 0.717) is 5.92 Å². The summed E-state index contributed by atoms with van der Waals surface area (Å²) >= 11 is 0. The quantitative estimate of drug-likeness (QED) is 0.815. The van der Waals surface area contributed by atoms with Crippen molar-refractivity contribution in [3.8, 4) is 0 Å². The van der Waals surface area contributed by atoms with Crippen LogP contribution < -0.4 is 0 Å². The van der Waals surface area contributed by atoms with Crippen LogP contribution in [0.1, 0.15) is 47.2 Å². The number of imidazole rings is 1. The first-order valence-corrected chi connectivity index (χ1v) is 8.82. The molecule has 24 heavy (non-hydrogen) atoms. The van der Waals surface area contributed by atoms with Crippen molar-refractivity contribution in [2.75, 3.05) is 20.3 Å². The van der Waals surface area contributed by atoms with E-state index in [4.69, 9.17) is 14.2 Å². The maximum absolute atomic E-state index is 5.52. The van der Waals surface area contributed by atoms with Gasteiger partial charge in [0.2, 0.25) is 0 Å². The Labute approximate surface area is 142 Å². The van der Waals surface area contributed by atoms with Gasteiger partial charge >= 0.3 is 0 Å². The number of hydrogen-bond donors (Lipinski definition) is 0. The molecule has 6 heteroatoms. The second-order valence-electron chi connectivity index (χ2n) is 7.30. The molecule has 1 atom stereocenters. The van der Waals surface area contributed by atoms with E-state index in [2.05, 4.69) is 14.6 Å². The maximum Gasteiger partial charge on any atom is 0.138 e. The first kappa shape index (κ1) is 15.8. The molecule has 2 aromatic rings. The molecular formula is C18H26N4O2. The van der Waals surface area contributed by atoms with E-state index in [0.717, 1.165) is 50.2 Å². The number of hydrogen-bond acceptors (Lipinski definition) is 5. The summed E-state index contributed by atoms with van der Waals surface area (Å²) in [5, 5.41) is 4.08. The van der Waals surface area contributed by atoms with Gasteiger partial charge in [-0.05, 0) is 32.6 Å². The predicted octanol–water partition coefficient (Wildman–Crippen LogP) is 2.64. The van der Waals surface area contributed by atoms with Gasteiger partial charge < -0.3 is 13.8 Å². The number of aromatic nitrogens is 3. The molecule has 2 aromatic heterocycles. The average Bonchev–Trinajstić information content (AvgIpc) is 3.21. The zero-order valence-electron chi connectivity index (χ0n) is 14.8. The normalized spacial score (nSPS) is 21.2. The smallest absolute Gasteiger partial charge is 0.138 e. The number of nitrogens with zero attached hydrogens (tertiary/aromatic N) is 4. The molecule has 1 aliphatic heterocycles. The van der Waals surface area contributed by atoms with Crippen molar-refractivity contribution in [1.82, 2.24) is 19.6 Å². The fraction of sp³-hybridized carbons (Fsp3) is 0.667. The lowest BCUT2D eigenvalue weighted by Gasteiger charge is -2.33. The number of rotatable bonds is 6. The van der Waals surface area contributed by atoms with E-state index in [1.54, 1.807) is 7.11 Å². The van der Waals surface area contributed by atoms with Gasteiger partial charge in [0.05, 0.1) is 24.3 Å². The highest BCUT2D eigenvalue weighted by Gasteiger charge is 2.32. The zero-order valence-corrected chi connectivity index (χ0v) is 14.8. The number of ether oxygens (including phenoxy) is 1. The fourth-order valence-electron chi connectivity index (χ4n) is 3.83. The molecule has 0 aromatic carbocycles. The van der Waals surface area contributed by atoms with Gasteiger partial charge in [0, 0.05) is 50.5 Å². The van der Waals surface area contributed by atoms with Crippen LogP contribution in [0, 0.1) is 19.8 Å². The summed E-state index contributed by atoms with van der Waals surface area (Å²) in [5.41, 5.74) is 4.78. The largest absolute Gasteiger partial charge is 0.384 e. The molecule has 0 unspecified atom stereocenters. The SMILES string of the molecule is COC[C@@H]1CN(Cc2c(C)noc2C)Cc2ncn(CC3CC3)c21. The molecule has 2 aliphatic rings. The molecule has 0 amide bonds. The standard InChI is InChI=1S/C18H26N4O2/c1-12-16(13(2)24-20-12)8-21-7-15(10-23-3)18-17(9-21)19-11-22(18)6-14-4-5-14/h11,14-15H,4-10H2,1-3H3/t15-/m0/s1. The summed E-state index contributed by atoms with van der Waals surface area (Å²) in [6, 6.07) is 0. The van der Waals surface area contributed by atoms with Gasteiger partial charge in [-0.1, -0.05) is 5.16 Å². The van der Waals surface area contributed by atoms with Gasteiger partial charge in [0.15, 0.2) is 0 Å². The Morgan fingerprint density at radius 3 is 2.83 bits per heavy atom. The molecule has 6 nitrogen and oxygen atoms in total. The van der Waals surface area contributed by atoms with E-state index >= 15 is 0 Å². The molecule has 0 saturated heterocycles. The number of methoxy groups -OCH3 is 1. The molecule has 0 bridgehead atoms. The second kappa shape index (κ2) is 6.33. The van der Waals surface area contributed by atoms with Crippen LogP contribution in [0.5, 0.6) is 0 Å². The molecule has 0 spiro atoms. The Bertz CT molecular complexity index is 697. The van der Waals surface area contributed by atoms with Crippen molar-refractivity contribution < 1.29 is 9.26 Å². The number of fused-ring (bicyclic) bond motifs is 1. The molecular weight excluding hydrogens is 304 g/mol. The molecule has 1 saturated carbocycles. The first-order valence-electron chi connectivity index (χ1n) is 8.82. The highest BCUT2D eigenvalue weighted by Crippen LogP contribution is 2.35. The Morgan fingerprint density at radius 1 is 1.33 bits per heavy atom. The van der Waals surface area contributed by atoms with Gasteiger partial charge in [-0.25, -0.2) is 4.98 Å². The van der Waals surface area contributed by atoms with Crippen molar-refractivity contribution >= 4 is 0 Å². The van der Waals surface area contributed by atoms with Crippen molar-refractivity contribution in [1.29, 1.82) is 0 Å². The molecule has 4 rings (SSSR count). The third-order valence-electron chi connectivity index (χ3n) is 5.28. The van der Waals surface area contributed by atoms with Crippen LogP contribution in [0.4, 0.5) is 0 Å². The summed E-state index contributed by atoms with van der Waals surface area (Å²) in [7, 11) is 1.79. The number of aryl methyl sites for hydroxylation is 2. The average molecular weight is 330 g/mol. The maximum atomic E-state index is 5.52. The van der Waals surface area contributed by atoms with Crippen molar-refractivity contribution in [2.24, 2.45) is 5.92 Å². The van der Waals surface area contributed by atoms with Gasteiger partial charge in [-0.15, -0.1) is 0 Å². The van der Waals surface area contributed by atoms with Gasteiger partial charge in [-0.3, -0.25) is 4.90 Å². The van der Waals surface area contributed by atoms with Crippen LogP contribution in [0.25, 0.3) is 0 Å². The monoisotopic (exact) mass is 330 g/mol.